The molecule has 0 aromatic heterocycles. The monoisotopic (exact) mass is 304 g/mol. The van der Waals surface area contributed by atoms with Gasteiger partial charge in [0.15, 0.2) is 0 Å². The van der Waals surface area contributed by atoms with E-state index in [9.17, 15) is 13.4 Å². The third-order valence-corrected chi connectivity index (χ3v) is 4.52. The van der Waals surface area contributed by atoms with Gasteiger partial charge in [0.1, 0.15) is 11.6 Å². The number of ketones is 1. The SMILES string of the molecule is Cc1ccccc1CS(=O)CC(=O)Cc1ccccc1F. The second kappa shape index (κ2) is 7.27. The maximum atomic E-state index is 13.5. The van der Waals surface area contributed by atoms with Crippen LogP contribution in [0.25, 0.3) is 0 Å². The number of benzene rings is 2. The molecule has 2 aromatic carbocycles. The normalized spacial score (nSPS) is 12.1. The average molecular weight is 304 g/mol. The van der Waals surface area contributed by atoms with Crippen LogP contribution in [0.2, 0.25) is 0 Å². The number of hydrogen-bond donors (Lipinski definition) is 0. The highest BCUT2D eigenvalue weighted by molar-refractivity contribution is 7.84. The summed E-state index contributed by atoms with van der Waals surface area (Å²) >= 11 is 0. The highest BCUT2D eigenvalue weighted by Crippen LogP contribution is 2.11. The number of aryl methyl sites for hydroxylation is 1. The summed E-state index contributed by atoms with van der Waals surface area (Å²) in [6, 6.07) is 13.9. The molecule has 0 spiro atoms. The van der Waals surface area contributed by atoms with E-state index in [1.165, 1.54) is 6.07 Å². The van der Waals surface area contributed by atoms with Crippen molar-refractivity contribution in [2.75, 3.05) is 5.75 Å². The lowest BCUT2D eigenvalue weighted by Gasteiger charge is -2.06. The Morgan fingerprint density at radius 2 is 1.67 bits per heavy atom. The Kier molecular flexibility index (Phi) is 5.39. The molecule has 0 heterocycles. The number of carbonyl (C=O) groups excluding carboxylic acids is 1. The largest absolute Gasteiger partial charge is 0.298 e. The van der Waals surface area contributed by atoms with Crippen LogP contribution in [0.1, 0.15) is 16.7 Å². The first-order chi connectivity index (χ1) is 10.1. The van der Waals surface area contributed by atoms with E-state index in [0.717, 1.165) is 11.1 Å². The quantitative estimate of drug-likeness (QED) is 0.821. The second-order valence-electron chi connectivity index (χ2n) is 4.96. The van der Waals surface area contributed by atoms with Crippen molar-refractivity contribution in [3.05, 3.63) is 71.0 Å². The van der Waals surface area contributed by atoms with Crippen LogP contribution in [-0.2, 0) is 27.8 Å². The molecular weight excluding hydrogens is 287 g/mol. The minimum Gasteiger partial charge on any atom is -0.298 e. The van der Waals surface area contributed by atoms with Gasteiger partial charge in [-0.15, -0.1) is 0 Å². The van der Waals surface area contributed by atoms with Gasteiger partial charge in [-0.1, -0.05) is 42.5 Å². The Labute approximate surface area is 126 Å². The number of carbonyl (C=O) groups is 1. The van der Waals surface area contributed by atoms with Crippen LogP contribution in [0.15, 0.2) is 48.5 Å². The summed E-state index contributed by atoms with van der Waals surface area (Å²) < 4.78 is 25.5. The molecule has 0 aliphatic carbocycles. The predicted octanol–water partition coefficient (Wildman–Crippen LogP) is 3.19. The lowest BCUT2D eigenvalue weighted by molar-refractivity contribution is -0.116. The van der Waals surface area contributed by atoms with Crippen LogP contribution in [0, 0.1) is 12.7 Å². The number of Topliss-reactive ketones (excluding diaryl/α,β-unsaturated/α-hetero) is 1. The minimum atomic E-state index is -1.26. The molecule has 4 heteroatoms. The standard InChI is InChI=1S/C17H17FO2S/c1-13-6-2-3-8-15(13)11-21(20)12-16(19)10-14-7-4-5-9-17(14)18/h2-9H,10-12H2,1H3. The summed E-state index contributed by atoms with van der Waals surface area (Å²) in [4.78, 5) is 11.9. The molecule has 21 heavy (non-hydrogen) atoms. The van der Waals surface area contributed by atoms with E-state index in [-0.39, 0.29) is 18.0 Å². The van der Waals surface area contributed by atoms with Gasteiger partial charge in [0.2, 0.25) is 0 Å². The van der Waals surface area contributed by atoms with Gasteiger partial charge in [0.05, 0.1) is 5.75 Å². The van der Waals surface area contributed by atoms with Crippen LogP contribution in [0.5, 0.6) is 0 Å². The fourth-order valence-electron chi connectivity index (χ4n) is 2.08. The van der Waals surface area contributed by atoms with Crippen molar-refractivity contribution in [2.24, 2.45) is 0 Å². The molecule has 2 nitrogen and oxygen atoms in total. The number of halogens is 1. The molecule has 0 radical (unpaired) electrons. The van der Waals surface area contributed by atoms with Gasteiger partial charge in [-0.3, -0.25) is 9.00 Å². The first-order valence-electron chi connectivity index (χ1n) is 6.71. The Morgan fingerprint density at radius 3 is 2.33 bits per heavy atom. The van der Waals surface area contributed by atoms with Gasteiger partial charge < -0.3 is 0 Å². The van der Waals surface area contributed by atoms with Gasteiger partial charge >= 0.3 is 0 Å². The van der Waals surface area contributed by atoms with Crippen LogP contribution in [-0.4, -0.2) is 15.7 Å². The molecule has 2 aromatic rings. The molecule has 0 aliphatic rings. The Morgan fingerprint density at radius 1 is 1.05 bits per heavy atom. The maximum Gasteiger partial charge on any atom is 0.149 e. The van der Waals surface area contributed by atoms with Gasteiger partial charge in [-0.05, 0) is 29.7 Å². The molecule has 1 unspecified atom stereocenters. The van der Waals surface area contributed by atoms with Gasteiger partial charge in [-0.25, -0.2) is 4.39 Å². The van der Waals surface area contributed by atoms with E-state index < -0.39 is 16.6 Å². The van der Waals surface area contributed by atoms with Crippen molar-refractivity contribution in [2.45, 2.75) is 19.1 Å². The lowest BCUT2D eigenvalue weighted by Crippen LogP contribution is -2.15. The van der Waals surface area contributed by atoms with Crippen molar-refractivity contribution >= 4 is 16.6 Å². The zero-order valence-corrected chi connectivity index (χ0v) is 12.7. The van der Waals surface area contributed by atoms with Crippen molar-refractivity contribution < 1.29 is 13.4 Å². The number of rotatable bonds is 6. The molecule has 0 fully saturated rings. The topological polar surface area (TPSA) is 34.1 Å². The molecule has 0 bridgehead atoms. The minimum absolute atomic E-state index is 0.00775. The summed E-state index contributed by atoms with van der Waals surface area (Å²) in [5.74, 6) is -0.277. The van der Waals surface area contributed by atoms with Crippen molar-refractivity contribution in [3.63, 3.8) is 0 Å². The van der Waals surface area contributed by atoms with Crippen LogP contribution < -0.4 is 0 Å². The van der Waals surface area contributed by atoms with E-state index in [1.54, 1.807) is 18.2 Å². The van der Waals surface area contributed by atoms with E-state index >= 15 is 0 Å². The summed E-state index contributed by atoms with van der Waals surface area (Å²) in [6.07, 6.45) is -0.00775. The maximum absolute atomic E-state index is 13.5. The molecule has 1 atom stereocenters. The van der Waals surface area contributed by atoms with Gasteiger partial charge in [0, 0.05) is 23.0 Å². The van der Waals surface area contributed by atoms with Gasteiger partial charge in [-0.2, -0.15) is 0 Å². The Balaban J connectivity index is 1.93. The van der Waals surface area contributed by atoms with E-state index in [4.69, 9.17) is 0 Å². The highest BCUT2D eigenvalue weighted by atomic mass is 32.2. The summed E-state index contributed by atoms with van der Waals surface area (Å²) in [7, 11) is -1.26. The third-order valence-electron chi connectivity index (χ3n) is 3.25. The highest BCUT2D eigenvalue weighted by Gasteiger charge is 2.12. The predicted molar refractivity (Wildman–Crippen MR) is 83.0 cm³/mol. The molecule has 0 aliphatic heterocycles. The van der Waals surface area contributed by atoms with Crippen molar-refractivity contribution in [3.8, 4) is 0 Å². The Bertz CT molecular complexity index is 610. The van der Waals surface area contributed by atoms with Crippen LogP contribution in [0.4, 0.5) is 4.39 Å². The second-order valence-corrected chi connectivity index (χ2v) is 6.42. The summed E-state index contributed by atoms with van der Waals surface area (Å²) in [5.41, 5.74) is 2.40. The fraction of sp³-hybridized carbons (Fsp3) is 0.235. The van der Waals surface area contributed by atoms with Crippen molar-refractivity contribution in [1.82, 2.24) is 0 Å². The third kappa shape index (κ3) is 4.60. The molecule has 0 N–H and O–H groups in total. The molecular formula is C17H17FO2S. The van der Waals surface area contributed by atoms with Crippen LogP contribution in [0.3, 0.4) is 0 Å². The fourth-order valence-corrected chi connectivity index (χ4v) is 3.32. The molecule has 2 rings (SSSR count). The zero-order chi connectivity index (χ0) is 15.2. The first-order valence-corrected chi connectivity index (χ1v) is 8.19. The van der Waals surface area contributed by atoms with E-state index in [2.05, 4.69) is 0 Å². The van der Waals surface area contributed by atoms with Crippen molar-refractivity contribution in [1.29, 1.82) is 0 Å². The molecule has 0 saturated carbocycles. The summed E-state index contributed by atoms with van der Waals surface area (Å²) in [6.45, 7) is 1.95. The van der Waals surface area contributed by atoms with Gasteiger partial charge in [0.25, 0.3) is 0 Å². The van der Waals surface area contributed by atoms with E-state index in [0.29, 0.717) is 11.3 Å². The van der Waals surface area contributed by atoms with E-state index in [1.807, 2.05) is 31.2 Å². The average Bonchev–Trinajstić information content (AvgIpc) is 2.44. The smallest absolute Gasteiger partial charge is 0.149 e. The zero-order valence-electron chi connectivity index (χ0n) is 11.8. The molecule has 0 saturated heterocycles. The summed E-state index contributed by atoms with van der Waals surface area (Å²) in [5, 5.41) is 0. The lowest BCUT2D eigenvalue weighted by atomic mass is 10.1. The molecule has 0 amide bonds. The number of hydrogen-bond acceptors (Lipinski definition) is 2. The Hall–Kier alpha value is -1.81. The molecule has 110 valence electrons. The first kappa shape index (κ1) is 15.6. The van der Waals surface area contributed by atoms with Crippen LogP contribution >= 0.6 is 0 Å².